The summed E-state index contributed by atoms with van der Waals surface area (Å²) in [7, 11) is 0. The number of benzene rings is 1. The second-order valence-corrected chi connectivity index (χ2v) is 12.5. The molecule has 0 aromatic heterocycles. The zero-order valence-electron chi connectivity index (χ0n) is 21.9. The molecule has 218 valence electrons. The Balaban J connectivity index is 2.15. The number of hydrogen-bond acceptors (Lipinski definition) is 4. The van der Waals surface area contributed by atoms with Gasteiger partial charge in [-0.2, -0.15) is 26.3 Å². The van der Waals surface area contributed by atoms with Gasteiger partial charge in [0.05, 0.1) is 12.0 Å². The number of hydrogen-bond donors (Lipinski definition) is 1. The summed E-state index contributed by atoms with van der Waals surface area (Å²) in [6, 6.07) is 3.78. The van der Waals surface area contributed by atoms with Crippen LogP contribution in [-0.4, -0.2) is 25.2 Å². The van der Waals surface area contributed by atoms with Crippen LogP contribution in [-0.2, 0) is 11.1 Å². The Labute approximate surface area is 228 Å². The Morgan fingerprint density at radius 1 is 0.947 bits per heavy atom. The van der Waals surface area contributed by atoms with Crippen molar-refractivity contribution in [3.8, 4) is 5.75 Å². The molecule has 0 aliphatic heterocycles. The molecule has 11 heteroatoms. The maximum Gasteiger partial charge on any atom is 0.424 e. The van der Waals surface area contributed by atoms with Gasteiger partial charge in [-0.1, -0.05) is 70.9 Å². The minimum Gasteiger partial charge on any atom is -0.395 e. The summed E-state index contributed by atoms with van der Waals surface area (Å²) in [6.07, 6.45) is 11.6. The molecule has 2 atom stereocenters. The van der Waals surface area contributed by atoms with Crippen LogP contribution in [0.2, 0.25) is 0 Å². The monoisotopic (exact) mass is 588 g/mol. The van der Waals surface area contributed by atoms with Crippen molar-refractivity contribution >= 4 is 23.1 Å². The Bertz CT molecular complexity index is 921. The number of halogens is 6. The highest BCUT2D eigenvalue weighted by Crippen LogP contribution is 2.53. The standard InChI is InChI=1S/C27H38F6O3S2/c1-3-11-18(4-2)22-16-21(19-12-7-5-8-13-19)17-23(20-14-9-6-10-15-20)24(22)36-38(35)27(32,33)25(28,29)26(30,31)37-34/h16-20,34H,3-15H2,1-2H3. The Morgan fingerprint density at radius 3 is 2.00 bits per heavy atom. The third-order valence-electron chi connectivity index (χ3n) is 8.07. The normalized spacial score (nSPS) is 20.3. The van der Waals surface area contributed by atoms with Crippen LogP contribution in [0.5, 0.6) is 5.75 Å². The van der Waals surface area contributed by atoms with Crippen LogP contribution < -0.4 is 4.18 Å². The molecule has 2 fully saturated rings. The average molecular weight is 589 g/mol. The zero-order valence-corrected chi connectivity index (χ0v) is 23.6. The maximum atomic E-state index is 14.7. The van der Waals surface area contributed by atoms with Crippen LogP contribution >= 0.6 is 12.0 Å². The van der Waals surface area contributed by atoms with E-state index in [1.807, 2.05) is 26.0 Å². The van der Waals surface area contributed by atoms with Crippen molar-refractivity contribution in [2.45, 2.75) is 132 Å². The van der Waals surface area contributed by atoms with Gasteiger partial charge in [-0.15, -0.1) is 0 Å². The molecule has 0 heterocycles. The van der Waals surface area contributed by atoms with E-state index in [0.717, 1.165) is 76.2 Å². The van der Waals surface area contributed by atoms with Crippen molar-refractivity contribution in [3.63, 3.8) is 0 Å². The molecule has 0 bridgehead atoms. The molecule has 0 spiro atoms. The molecular weight excluding hydrogens is 550 g/mol. The van der Waals surface area contributed by atoms with Crippen LogP contribution in [0.3, 0.4) is 0 Å². The van der Waals surface area contributed by atoms with Gasteiger partial charge in [0.25, 0.3) is 11.1 Å². The Morgan fingerprint density at radius 2 is 1.50 bits per heavy atom. The van der Waals surface area contributed by atoms with Crippen molar-refractivity contribution in [3.05, 3.63) is 28.8 Å². The minimum atomic E-state index is -6.12. The lowest BCUT2D eigenvalue weighted by molar-refractivity contribution is -0.241. The lowest BCUT2D eigenvalue weighted by Gasteiger charge is -2.32. The van der Waals surface area contributed by atoms with E-state index in [1.54, 1.807) is 0 Å². The van der Waals surface area contributed by atoms with Gasteiger partial charge in [0.1, 0.15) is 5.75 Å². The van der Waals surface area contributed by atoms with Gasteiger partial charge in [0.15, 0.2) is 0 Å². The molecule has 1 aromatic carbocycles. The fraction of sp³-hybridized carbons (Fsp3) is 0.778. The average Bonchev–Trinajstić information content (AvgIpc) is 2.92. The summed E-state index contributed by atoms with van der Waals surface area (Å²) in [5.41, 5.74) is 2.15. The second-order valence-electron chi connectivity index (χ2n) is 10.6. The van der Waals surface area contributed by atoms with Gasteiger partial charge >= 0.3 is 16.4 Å². The molecule has 38 heavy (non-hydrogen) atoms. The third kappa shape index (κ3) is 6.51. The predicted molar refractivity (Wildman–Crippen MR) is 140 cm³/mol. The largest absolute Gasteiger partial charge is 0.424 e. The van der Waals surface area contributed by atoms with Gasteiger partial charge in [0.2, 0.25) is 0 Å². The molecule has 2 aliphatic carbocycles. The van der Waals surface area contributed by atoms with Crippen LogP contribution in [0.4, 0.5) is 26.3 Å². The van der Waals surface area contributed by atoms with E-state index in [9.17, 15) is 30.6 Å². The first-order chi connectivity index (χ1) is 17.9. The zero-order chi connectivity index (χ0) is 28.1. The number of rotatable bonds is 12. The highest BCUT2D eigenvalue weighted by Gasteiger charge is 2.76. The molecule has 1 aromatic rings. The first-order valence-corrected chi connectivity index (χ1v) is 15.5. The fourth-order valence-corrected chi connectivity index (χ4v) is 6.97. The predicted octanol–water partition coefficient (Wildman–Crippen LogP) is 10.1. The SMILES string of the molecule is CCCC(CC)c1cc(C2CCCCC2)cc(C2CCCCC2)c1OS(=O)C(F)(F)C(F)(F)C(F)(F)SO. The van der Waals surface area contributed by atoms with E-state index in [0.29, 0.717) is 24.0 Å². The quantitative estimate of drug-likeness (QED) is 0.195. The van der Waals surface area contributed by atoms with E-state index in [4.69, 9.17) is 8.74 Å². The molecule has 0 amide bonds. The van der Waals surface area contributed by atoms with Crippen molar-refractivity contribution in [2.24, 2.45) is 0 Å². The first-order valence-electron chi connectivity index (χ1n) is 13.6. The molecule has 1 N–H and O–H groups in total. The second kappa shape index (κ2) is 13.1. The minimum absolute atomic E-state index is 0.0965. The lowest BCUT2D eigenvalue weighted by atomic mass is 9.77. The van der Waals surface area contributed by atoms with Gasteiger partial charge in [0, 0.05) is 0 Å². The maximum absolute atomic E-state index is 14.7. The molecule has 2 aliphatic rings. The molecular formula is C27H38F6O3S2. The lowest BCUT2D eigenvalue weighted by Crippen LogP contribution is -2.55. The first kappa shape index (κ1) is 31.6. The van der Waals surface area contributed by atoms with Crippen LogP contribution in [0.1, 0.15) is 132 Å². The fourth-order valence-electron chi connectivity index (χ4n) is 5.87. The molecule has 2 saturated carbocycles. The van der Waals surface area contributed by atoms with Crippen molar-refractivity contribution < 1.29 is 39.3 Å². The van der Waals surface area contributed by atoms with Crippen molar-refractivity contribution in [1.29, 1.82) is 0 Å². The highest BCUT2D eigenvalue weighted by molar-refractivity contribution is 7.95. The summed E-state index contributed by atoms with van der Waals surface area (Å²) in [5, 5.41) is -11.3. The Hall–Kier alpha value is -0.940. The molecule has 3 nitrogen and oxygen atoms in total. The van der Waals surface area contributed by atoms with Crippen molar-refractivity contribution in [1.82, 2.24) is 0 Å². The highest BCUT2D eigenvalue weighted by atomic mass is 32.2. The summed E-state index contributed by atoms with van der Waals surface area (Å²) in [5.74, 6) is -6.24. The van der Waals surface area contributed by atoms with Crippen molar-refractivity contribution in [2.75, 3.05) is 0 Å². The molecule has 3 rings (SSSR count). The molecule has 2 unspecified atom stereocenters. The molecule has 0 radical (unpaired) electrons. The van der Waals surface area contributed by atoms with E-state index < -0.39 is 39.6 Å². The van der Waals surface area contributed by atoms with E-state index in [-0.39, 0.29) is 23.5 Å². The van der Waals surface area contributed by atoms with Crippen LogP contribution in [0.25, 0.3) is 0 Å². The smallest absolute Gasteiger partial charge is 0.395 e. The summed E-state index contributed by atoms with van der Waals surface area (Å²) in [6.45, 7) is 3.90. The third-order valence-corrected chi connectivity index (χ3v) is 9.55. The number of alkyl halides is 6. The van der Waals surface area contributed by atoms with Crippen LogP contribution in [0.15, 0.2) is 12.1 Å². The van der Waals surface area contributed by atoms with Gasteiger partial charge in [-0.3, -0.25) is 0 Å². The topological polar surface area (TPSA) is 46.5 Å². The molecule has 0 saturated heterocycles. The summed E-state index contributed by atoms with van der Waals surface area (Å²) in [4.78, 5) is 0. The summed E-state index contributed by atoms with van der Waals surface area (Å²) < 4.78 is 111. The van der Waals surface area contributed by atoms with Gasteiger partial charge in [-0.25, -0.2) is 4.21 Å². The van der Waals surface area contributed by atoms with Crippen LogP contribution in [0, 0.1) is 0 Å². The summed E-state index contributed by atoms with van der Waals surface area (Å²) >= 11 is -5.85. The van der Waals surface area contributed by atoms with Gasteiger partial charge in [-0.05, 0) is 73.0 Å². The van der Waals surface area contributed by atoms with E-state index in [2.05, 4.69) is 0 Å². The van der Waals surface area contributed by atoms with E-state index >= 15 is 0 Å². The van der Waals surface area contributed by atoms with E-state index in [1.165, 1.54) is 0 Å². The Kier molecular flexibility index (Phi) is 10.9. The van der Waals surface area contributed by atoms with Gasteiger partial charge < -0.3 is 8.74 Å².